The van der Waals surface area contributed by atoms with Crippen LogP contribution in [-0.2, 0) is 11.3 Å². The summed E-state index contributed by atoms with van der Waals surface area (Å²) in [7, 11) is 0. The number of hydrogen-bond acceptors (Lipinski definition) is 7. The lowest BCUT2D eigenvalue weighted by Crippen LogP contribution is -2.33. The van der Waals surface area contributed by atoms with E-state index in [1.165, 1.54) is 12.1 Å². The van der Waals surface area contributed by atoms with Crippen LogP contribution >= 0.6 is 0 Å². The molecule has 7 heteroatoms. The molecule has 0 saturated heterocycles. The molecular formula is C21H22N2O5. The zero-order valence-corrected chi connectivity index (χ0v) is 15.6. The molecule has 1 aliphatic heterocycles. The largest absolute Gasteiger partial charge is 0.504 e. The molecule has 146 valence electrons. The molecule has 4 rings (SSSR count). The van der Waals surface area contributed by atoms with Gasteiger partial charge in [0.1, 0.15) is 0 Å². The predicted octanol–water partition coefficient (Wildman–Crippen LogP) is 3.02. The predicted molar refractivity (Wildman–Crippen MR) is 107 cm³/mol. The van der Waals surface area contributed by atoms with Gasteiger partial charge in [0.25, 0.3) is 0 Å². The molecule has 1 aliphatic rings. The van der Waals surface area contributed by atoms with E-state index in [9.17, 15) is 15.0 Å². The van der Waals surface area contributed by atoms with E-state index in [2.05, 4.69) is 15.9 Å². The molecule has 2 heterocycles. The van der Waals surface area contributed by atoms with Crippen LogP contribution in [0.1, 0.15) is 12.5 Å². The Labute approximate surface area is 162 Å². The minimum absolute atomic E-state index is 0.00295. The van der Waals surface area contributed by atoms with E-state index in [4.69, 9.17) is 9.15 Å². The highest BCUT2D eigenvalue weighted by molar-refractivity contribution is 5.88. The van der Waals surface area contributed by atoms with Gasteiger partial charge in [-0.1, -0.05) is 12.1 Å². The standard InChI is InChI=1S/C21H22N2O5/c1-2-27-10-9-22-13-23(17-6-4-3-5-16(17)22)12-14-11-19(25)28-21-15(14)7-8-18(24)20(21)26/h3-8,11,24,26H,2,9-10,12-13H2,1H3. The molecule has 2 N–H and O–H groups in total. The Morgan fingerprint density at radius 2 is 1.86 bits per heavy atom. The molecule has 0 atom stereocenters. The van der Waals surface area contributed by atoms with Crippen LogP contribution in [0.4, 0.5) is 11.4 Å². The summed E-state index contributed by atoms with van der Waals surface area (Å²) in [6, 6.07) is 12.6. The maximum Gasteiger partial charge on any atom is 0.336 e. The summed E-state index contributed by atoms with van der Waals surface area (Å²) < 4.78 is 10.6. The van der Waals surface area contributed by atoms with Crippen molar-refractivity contribution in [1.82, 2.24) is 0 Å². The zero-order chi connectivity index (χ0) is 19.7. The van der Waals surface area contributed by atoms with Crippen molar-refractivity contribution in [2.75, 3.05) is 36.2 Å². The SMILES string of the molecule is CCOCCN1CN(Cc2cc(=O)oc3c(O)c(O)ccc23)c2ccccc21. The fourth-order valence-electron chi connectivity index (χ4n) is 3.61. The molecule has 0 radical (unpaired) electrons. The first-order valence-electron chi connectivity index (χ1n) is 9.23. The third kappa shape index (κ3) is 3.25. The molecule has 0 amide bonds. The Bertz CT molecular complexity index is 1060. The number of phenols is 2. The Morgan fingerprint density at radius 1 is 1.11 bits per heavy atom. The van der Waals surface area contributed by atoms with Gasteiger partial charge >= 0.3 is 5.63 Å². The fraction of sp³-hybridized carbons (Fsp3) is 0.286. The van der Waals surface area contributed by atoms with Gasteiger partial charge in [-0.2, -0.15) is 0 Å². The van der Waals surface area contributed by atoms with Crippen molar-refractivity contribution in [1.29, 1.82) is 0 Å². The number of benzene rings is 2. The number of hydrogen-bond donors (Lipinski definition) is 2. The first kappa shape index (κ1) is 18.2. The highest BCUT2D eigenvalue weighted by Crippen LogP contribution is 2.38. The number of anilines is 2. The second kappa shape index (κ2) is 7.44. The number of fused-ring (bicyclic) bond motifs is 2. The van der Waals surface area contributed by atoms with Gasteiger partial charge in [0.05, 0.1) is 24.7 Å². The average Bonchev–Trinajstić information content (AvgIpc) is 3.03. The molecule has 7 nitrogen and oxygen atoms in total. The third-order valence-corrected chi connectivity index (χ3v) is 4.93. The molecule has 0 bridgehead atoms. The monoisotopic (exact) mass is 382 g/mol. The molecule has 1 aromatic heterocycles. The molecular weight excluding hydrogens is 360 g/mol. The van der Waals surface area contributed by atoms with Crippen LogP contribution in [0.5, 0.6) is 11.5 Å². The van der Waals surface area contributed by atoms with E-state index < -0.39 is 11.4 Å². The fourth-order valence-corrected chi connectivity index (χ4v) is 3.61. The summed E-state index contributed by atoms with van der Waals surface area (Å²) in [6.07, 6.45) is 0. The quantitative estimate of drug-likeness (QED) is 0.385. The smallest absolute Gasteiger partial charge is 0.336 e. The summed E-state index contributed by atoms with van der Waals surface area (Å²) in [5.41, 5.74) is 2.36. The Balaban J connectivity index is 1.68. The maximum atomic E-state index is 12.0. The van der Waals surface area contributed by atoms with Crippen LogP contribution in [0.3, 0.4) is 0 Å². The lowest BCUT2D eigenvalue weighted by molar-refractivity contribution is 0.154. The zero-order valence-electron chi connectivity index (χ0n) is 15.6. The van der Waals surface area contributed by atoms with Crippen molar-refractivity contribution in [2.24, 2.45) is 0 Å². The van der Waals surface area contributed by atoms with E-state index in [1.807, 2.05) is 25.1 Å². The van der Waals surface area contributed by atoms with E-state index >= 15 is 0 Å². The van der Waals surface area contributed by atoms with E-state index in [0.29, 0.717) is 31.8 Å². The van der Waals surface area contributed by atoms with Crippen LogP contribution < -0.4 is 15.4 Å². The van der Waals surface area contributed by atoms with Crippen LogP contribution in [0.2, 0.25) is 0 Å². The molecule has 0 fully saturated rings. The van der Waals surface area contributed by atoms with Crippen molar-refractivity contribution in [2.45, 2.75) is 13.5 Å². The van der Waals surface area contributed by atoms with Crippen LogP contribution in [-0.4, -0.2) is 36.6 Å². The summed E-state index contributed by atoms with van der Waals surface area (Å²) in [5, 5.41) is 20.4. The third-order valence-electron chi connectivity index (χ3n) is 4.93. The van der Waals surface area contributed by atoms with Crippen LogP contribution in [0, 0.1) is 0 Å². The summed E-state index contributed by atoms with van der Waals surface area (Å²) in [5.74, 6) is -0.738. The highest BCUT2D eigenvalue weighted by Gasteiger charge is 2.26. The lowest BCUT2D eigenvalue weighted by atomic mass is 10.1. The van der Waals surface area contributed by atoms with E-state index in [1.54, 1.807) is 6.07 Å². The van der Waals surface area contributed by atoms with Gasteiger partial charge in [0.15, 0.2) is 11.3 Å². The van der Waals surface area contributed by atoms with Crippen molar-refractivity contribution < 1.29 is 19.4 Å². The van der Waals surface area contributed by atoms with Crippen molar-refractivity contribution in [3.8, 4) is 11.5 Å². The van der Waals surface area contributed by atoms with Crippen molar-refractivity contribution >= 4 is 22.3 Å². The Morgan fingerprint density at radius 3 is 2.61 bits per heavy atom. The number of nitrogens with zero attached hydrogens (tertiary/aromatic N) is 2. The molecule has 0 saturated carbocycles. The molecule has 28 heavy (non-hydrogen) atoms. The minimum Gasteiger partial charge on any atom is -0.504 e. The number of aromatic hydroxyl groups is 2. The summed E-state index contributed by atoms with van der Waals surface area (Å²) in [4.78, 5) is 16.4. The average molecular weight is 382 g/mol. The highest BCUT2D eigenvalue weighted by atomic mass is 16.5. The normalized spacial score (nSPS) is 13.3. The molecule has 0 aliphatic carbocycles. The molecule has 3 aromatic rings. The Kier molecular flexibility index (Phi) is 4.83. The lowest BCUT2D eigenvalue weighted by Gasteiger charge is -2.22. The van der Waals surface area contributed by atoms with Crippen LogP contribution in [0.25, 0.3) is 11.0 Å². The minimum atomic E-state index is -0.566. The number of para-hydroxylation sites is 2. The van der Waals surface area contributed by atoms with Crippen molar-refractivity contribution in [3.63, 3.8) is 0 Å². The first-order valence-corrected chi connectivity index (χ1v) is 9.23. The molecule has 0 spiro atoms. The number of phenolic OH excluding ortho intramolecular Hbond substituents is 2. The topological polar surface area (TPSA) is 86.4 Å². The molecule has 0 unspecified atom stereocenters. The number of rotatable bonds is 6. The van der Waals surface area contributed by atoms with Crippen LogP contribution in [0.15, 0.2) is 51.7 Å². The second-order valence-corrected chi connectivity index (χ2v) is 6.69. The van der Waals surface area contributed by atoms with Gasteiger partial charge in [0, 0.05) is 31.1 Å². The van der Waals surface area contributed by atoms with Crippen molar-refractivity contribution in [3.05, 3.63) is 58.4 Å². The summed E-state index contributed by atoms with van der Waals surface area (Å²) in [6.45, 7) is 5.20. The molecule has 2 aromatic carbocycles. The van der Waals surface area contributed by atoms with Gasteiger partial charge in [-0.05, 0) is 36.8 Å². The second-order valence-electron chi connectivity index (χ2n) is 6.69. The van der Waals surface area contributed by atoms with E-state index in [-0.39, 0.29) is 11.3 Å². The first-order chi connectivity index (χ1) is 13.6. The van der Waals surface area contributed by atoms with Gasteiger partial charge in [-0.25, -0.2) is 4.79 Å². The number of ether oxygens (including phenoxy) is 1. The summed E-state index contributed by atoms with van der Waals surface area (Å²) >= 11 is 0. The van der Waals surface area contributed by atoms with Gasteiger partial charge in [-0.3, -0.25) is 0 Å². The Hall–Kier alpha value is -3.19. The maximum absolute atomic E-state index is 12.0. The van der Waals surface area contributed by atoms with Gasteiger partial charge in [0.2, 0.25) is 5.75 Å². The van der Waals surface area contributed by atoms with Gasteiger partial charge in [-0.15, -0.1) is 0 Å². The van der Waals surface area contributed by atoms with E-state index in [0.717, 1.165) is 23.5 Å². The van der Waals surface area contributed by atoms with Gasteiger partial charge < -0.3 is 29.2 Å².